The number of aliphatic hydroxyl groups is 1. The lowest BCUT2D eigenvalue weighted by molar-refractivity contribution is -0.118. The van der Waals surface area contributed by atoms with Gasteiger partial charge < -0.3 is 15.2 Å². The number of aliphatic hydroxyl groups excluding tert-OH is 1. The van der Waals surface area contributed by atoms with Crippen LogP contribution in [0, 0.1) is 0 Å². The predicted octanol–water partition coefficient (Wildman–Crippen LogP) is 2.96. The zero-order valence-corrected chi connectivity index (χ0v) is 15.6. The number of rotatable bonds is 6. The number of nitrogens with zero attached hydrogens (tertiary/aromatic N) is 1. The standard InChI is InChI=1S/C17H22Cl2N2O4/c1-25-17(24)13-8-11(18)9-14(19)16(13)20-15(23)10-21-6-3-2-4-12(21)5-7-22/h8-9,12,22H,2-7,10H2,1H3,(H,20,23). The van der Waals surface area contributed by atoms with Gasteiger partial charge in [-0.1, -0.05) is 29.6 Å². The smallest absolute Gasteiger partial charge is 0.340 e. The number of anilines is 1. The summed E-state index contributed by atoms with van der Waals surface area (Å²) in [7, 11) is 1.25. The van der Waals surface area contributed by atoms with E-state index in [4.69, 9.17) is 27.9 Å². The zero-order valence-electron chi connectivity index (χ0n) is 14.1. The van der Waals surface area contributed by atoms with Crippen molar-refractivity contribution in [1.29, 1.82) is 0 Å². The SMILES string of the molecule is COC(=O)c1cc(Cl)cc(Cl)c1NC(=O)CN1CCCCC1CCO. The van der Waals surface area contributed by atoms with Crippen molar-refractivity contribution in [1.82, 2.24) is 4.90 Å². The molecule has 1 aromatic rings. The van der Waals surface area contributed by atoms with E-state index in [9.17, 15) is 14.7 Å². The molecule has 0 spiro atoms. The fraction of sp³-hybridized carbons (Fsp3) is 0.529. The number of amides is 1. The molecule has 6 nitrogen and oxygen atoms in total. The maximum Gasteiger partial charge on any atom is 0.340 e. The van der Waals surface area contributed by atoms with Gasteiger partial charge in [-0.25, -0.2) is 4.79 Å². The van der Waals surface area contributed by atoms with Crippen LogP contribution in [0.1, 0.15) is 36.0 Å². The molecule has 0 aromatic heterocycles. The molecule has 1 aromatic carbocycles. The Balaban J connectivity index is 2.13. The van der Waals surface area contributed by atoms with Crippen LogP contribution in [0.4, 0.5) is 5.69 Å². The molecule has 1 atom stereocenters. The van der Waals surface area contributed by atoms with E-state index in [-0.39, 0.29) is 46.4 Å². The molecular weight excluding hydrogens is 367 g/mol. The molecule has 8 heteroatoms. The molecule has 0 bridgehead atoms. The van der Waals surface area contributed by atoms with Gasteiger partial charge in [-0.3, -0.25) is 9.69 Å². The highest BCUT2D eigenvalue weighted by molar-refractivity contribution is 6.37. The van der Waals surface area contributed by atoms with Gasteiger partial charge in [0.2, 0.25) is 5.91 Å². The maximum absolute atomic E-state index is 12.5. The minimum absolute atomic E-state index is 0.0955. The van der Waals surface area contributed by atoms with Gasteiger partial charge in [-0.05, 0) is 37.9 Å². The fourth-order valence-electron chi connectivity index (χ4n) is 3.08. The number of nitrogens with one attached hydrogen (secondary N) is 1. The topological polar surface area (TPSA) is 78.9 Å². The van der Waals surface area contributed by atoms with Gasteiger partial charge in [-0.2, -0.15) is 0 Å². The first-order valence-corrected chi connectivity index (χ1v) is 8.94. The fourth-order valence-corrected chi connectivity index (χ4v) is 3.62. The van der Waals surface area contributed by atoms with Crippen LogP contribution in [0.2, 0.25) is 10.0 Å². The summed E-state index contributed by atoms with van der Waals surface area (Å²) in [5.41, 5.74) is 0.303. The Bertz CT molecular complexity index is 637. The quantitative estimate of drug-likeness (QED) is 0.732. The zero-order chi connectivity index (χ0) is 18.4. The molecule has 1 saturated heterocycles. The van der Waals surface area contributed by atoms with Gasteiger partial charge in [-0.15, -0.1) is 0 Å². The average molecular weight is 389 g/mol. The van der Waals surface area contributed by atoms with E-state index >= 15 is 0 Å². The third-order valence-corrected chi connectivity index (χ3v) is 4.80. The molecule has 25 heavy (non-hydrogen) atoms. The number of ether oxygens (including phenoxy) is 1. The molecular formula is C17H22Cl2N2O4. The van der Waals surface area contributed by atoms with Gasteiger partial charge in [0.1, 0.15) is 0 Å². The first-order valence-electron chi connectivity index (χ1n) is 8.18. The van der Waals surface area contributed by atoms with Crippen LogP contribution in [0.15, 0.2) is 12.1 Å². The summed E-state index contributed by atoms with van der Waals surface area (Å²) in [4.78, 5) is 26.4. The van der Waals surface area contributed by atoms with Crippen molar-refractivity contribution in [2.24, 2.45) is 0 Å². The Kier molecular flexibility index (Phi) is 7.50. The Morgan fingerprint density at radius 3 is 2.80 bits per heavy atom. The van der Waals surface area contributed by atoms with Gasteiger partial charge in [0.15, 0.2) is 0 Å². The van der Waals surface area contributed by atoms with E-state index in [2.05, 4.69) is 10.2 Å². The molecule has 1 fully saturated rings. The molecule has 1 aliphatic rings. The minimum atomic E-state index is -0.629. The highest BCUT2D eigenvalue weighted by Gasteiger charge is 2.25. The highest BCUT2D eigenvalue weighted by Crippen LogP contribution is 2.31. The average Bonchev–Trinajstić information content (AvgIpc) is 2.58. The molecule has 138 valence electrons. The number of methoxy groups -OCH3 is 1. The van der Waals surface area contributed by atoms with Crippen LogP contribution < -0.4 is 5.32 Å². The Morgan fingerprint density at radius 2 is 2.12 bits per heavy atom. The number of piperidine rings is 1. The van der Waals surface area contributed by atoms with Crippen LogP contribution in [-0.4, -0.2) is 54.7 Å². The summed E-state index contributed by atoms with van der Waals surface area (Å²) in [5, 5.41) is 12.3. The molecule has 0 aliphatic carbocycles. The van der Waals surface area contributed by atoms with E-state index in [0.29, 0.717) is 6.42 Å². The molecule has 1 heterocycles. The summed E-state index contributed by atoms with van der Waals surface area (Å²) >= 11 is 12.1. The maximum atomic E-state index is 12.5. The van der Waals surface area contributed by atoms with Crippen molar-refractivity contribution < 1.29 is 19.4 Å². The van der Waals surface area contributed by atoms with Gasteiger partial charge in [0, 0.05) is 17.7 Å². The first-order chi connectivity index (χ1) is 12.0. The van der Waals surface area contributed by atoms with E-state index in [1.54, 1.807) is 0 Å². The second-order valence-electron chi connectivity index (χ2n) is 5.98. The minimum Gasteiger partial charge on any atom is -0.465 e. The number of esters is 1. The van der Waals surface area contributed by atoms with Crippen molar-refractivity contribution in [2.45, 2.75) is 31.7 Å². The number of hydrogen-bond donors (Lipinski definition) is 2. The lowest BCUT2D eigenvalue weighted by atomic mass is 9.99. The third kappa shape index (κ3) is 5.31. The Morgan fingerprint density at radius 1 is 1.36 bits per heavy atom. The highest BCUT2D eigenvalue weighted by atomic mass is 35.5. The third-order valence-electron chi connectivity index (χ3n) is 4.28. The molecule has 1 aliphatic heterocycles. The lowest BCUT2D eigenvalue weighted by Crippen LogP contribution is -2.44. The van der Waals surface area contributed by atoms with Crippen molar-refractivity contribution >= 4 is 40.8 Å². The normalized spacial score (nSPS) is 18.0. The second kappa shape index (κ2) is 9.38. The molecule has 2 rings (SSSR count). The summed E-state index contributed by atoms with van der Waals surface area (Å²) in [6.45, 7) is 1.07. The van der Waals surface area contributed by atoms with Crippen molar-refractivity contribution in [3.63, 3.8) is 0 Å². The van der Waals surface area contributed by atoms with Crippen molar-refractivity contribution in [3.05, 3.63) is 27.7 Å². The summed E-state index contributed by atoms with van der Waals surface area (Å²) < 4.78 is 4.72. The molecule has 1 amide bonds. The van der Waals surface area contributed by atoms with E-state index in [1.165, 1.54) is 19.2 Å². The number of benzene rings is 1. The number of carbonyl (C=O) groups is 2. The van der Waals surface area contributed by atoms with E-state index < -0.39 is 5.97 Å². The summed E-state index contributed by atoms with van der Waals surface area (Å²) in [6, 6.07) is 3.05. The van der Waals surface area contributed by atoms with Crippen molar-refractivity contribution in [2.75, 3.05) is 32.1 Å². The molecule has 0 radical (unpaired) electrons. The van der Waals surface area contributed by atoms with Crippen LogP contribution in [0.5, 0.6) is 0 Å². The Labute approximate surface area is 157 Å². The lowest BCUT2D eigenvalue weighted by Gasteiger charge is -2.34. The van der Waals surface area contributed by atoms with Crippen LogP contribution in [0.25, 0.3) is 0 Å². The van der Waals surface area contributed by atoms with Gasteiger partial charge in [0.05, 0.1) is 29.9 Å². The number of likely N-dealkylation sites (tertiary alicyclic amines) is 1. The molecule has 1 unspecified atom stereocenters. The Hall–Kier alpha value is -1.34. The first kappa shape index (κ1) is 20.0. The van der Waals surface area contributed by atoms with Crippen LogP contribution in [0.3, 0.4) is 0 Å². The van der Waals surface area contributed by atoms with Gasteiger partial charge >= 0.3 is 5.97 Å². The second-order valence-corrected chi connectivity index (χ2v) is 6.83. The van der Waals surface area contributed by atoms with Crippen LogP contribution in [-0.2, 0) is 9.53 Å². The molecule has 0 saturated carbocycles. The summed E-state index contributed by atoms with van der Waals surface area (Å²) in [5.74, 6) is -0.907. The summed E-state index contributed by atoms with van der Waals surface area (Å²) in [6.07, 6.45) is 3.72. The van der Waals surface area contributed by atoms with Gasteiger partial charge in [0.25, 0.3) is 0 Å². The van der Waals surface area contributed by atoms with Crippen molar-refractivity contribution in [3.8, 4) is 0 Å². The van der Waals surface area contributed by atoms with E-state index in [0.717, 1.165) is 25.8 Å². The largest absolute Gasteiger partial charge is 0.465 e. The number of hydrogen-bond acceptors (Lipinski definition) is 5. The molecule has 2 N–H and O–H groups in total. The van der Waals surface area contributed by atoms with Crippen LogP contribution >= 0.6 is 23.2 Å². The van der Waals surface area contributed by atoms with E-state index in [1.807, 2.05) is 0 Å². The number of halogens is 2. The predicted molar refractivity (Wildman–Crippen MR) is 97.3 cm³/mol. The number of carbonyl (C=O) groups excluding carboxylic acids is 2. The monoisotopic (exact) mass is 388 g/mol.